The average molecular weight is 369 g/mol. The van der Waals surface area contributed by atoms with Crippen LogP contribution in [0.4, 0.5) is 0 Å². The third-order valence-electron chi connectivity index (χ3n) is 4.13. The zero-order valence-corrected chi connectivity index (χ0v) is 16.3. The molecule has 0 spiro atoms. The van der Waals surface area contributed by atoms with Crippen LogP contribution in [0.1, 0.15) is 32.1 Å². The maximum atomic E-state index is 12.6. The van der Waals surface area contributed by atoms with Gasteiger partial charge in [-0.1, -0.05) is 6.07 Å². The third-order valence-corrected chi connectivity index (χ3v) is 5.10. The van der Waals surface area contributed by atoms with Gasteiger partial charge in [0.05, 0.1) is 17.1 Å². The number of hydrogen-bond acceptors (Lipinski definition) is 4. The molecule has 0 atom stereocenters. The summed E-state index contributed by atoms with van der Waals surface area (Å²) < 4.78 is 7.66. The summed E-state index contributed by atoms with van der Waals surface area (Å²) in [4.78, 5) is 15.0. The molecule has 136 valence electrons. The number of ether oxygens (including phenoxy) is 1. The summed E-state index contributed by atoms with van der Waals surface area (Å²) in [6.45, 7) is 5.10. The van der Waals surface area contributed by atoms with E-state index in [2.05, 4.69) is 25.0 Å². The quantitative estimate of drug-likeness (QED) is 0.661. The second kappa shape index (κ2) is 7.74. The zero-order valence-electron chi connectivity index (χ0n) is 15.5. The van der Waals surface area contributed by atoms with Crippen LogP contribution < -0.4 is 4.74 Å². The Kier molecular flexibility index (Phi) is 5.42. The molecule has 0 radical (unpaired) electrons. The van der Waals surface area contributed by atoms with Crippen molar-refractivity contribution in [1.82, 2.24) is 14.7 Å². The Morgan fingerprint density at radius 3 is 2.62 bits per heavy atom. The van der Waals surface area contributed by atoms with Crippen molar-refractivity contribution < 1.29 is 9.53 Å². The summed E-state index contributed by atoms with van der Waals surface area (Å²) >= 11 is 1.45. The predicted octanol–water partition coefficient (Wildman–Crippen LogP) is 3.95. The van der Waals surface area contributed by atoms with Crippen molar-refractivity contribution >= 4 is 17.2 Å². The summed E-state index contributed by atoms with van der Waals surface area (Å²) in [6, 6.07) is 9.99. The smallest absolute Gasteiger partial charge is 0.264 e. The van der Waals surface area contributed by atoms with E-state index in [9.17, 15) is 4.79 Å². The Morgan fingerprint density at radius 1 is 1.23 bits per heavy atom. The van der Waals surface area contributed by atoms with E-state index in [4.69, 9.17) is 4.74 Å². The van der Waals surface area contributed by atoms with E-state index < -0.39 is 0 Å². The fourth-order valence-corrected chi connectivity index (χ4v) is 3.70. The zero-order chi connectivity index (χ0) is 18.7. The lowest BCUT2D eigenvalue weighted by atomic mass is 10.1. The van der Waals surface area contributed by atoms with Gasteiger partial charge in [0.25, 0.3) is 5.91 Å². The first kappa shape index (κ1) is 18.2. The Hall–Kier alpha value is -2.60. The van der Waals surface area contributed by atoms with Crippen LogP contribution in [0.5, 0.6) is 5.75 Å². The van der Waals surface area contributed by atoms with Crippen molar-refractivity contribution in [3.63, 3.8) is 0 Å². The van der Waals surface area contributed by atoms with Crippen molar-refractivity contribution in [2.24, 2.45) is 7.05 Å². The summed E-state index contributed by atoms with van der Waals surface area (Å²) in [5, 5.41) is 6.12. The van der Waals surface area contributed by atoms with Gasteiger partial charge < -0.3 is 9.64 Å². The summed E-state index contributed by atoms with van der Waals surface area (Å²) in [5.74, 6) is 0.865. The van der Waals surface area contributed by atoms with Crippen LogP contribution >= 0.6 is 11.3 Å². The number of carbonyl (C=O) groups is 1. The maximum absolute atomic E-state index is 12.6. The highest BCUT2D eigenvalue weighted by Crippen LogP contribution is 2.21. The second-order valence-corrected chi connectivity index (χ2v) is 7.45. The Labute approximate surface area is 157 Å². The molecule has 0 bridgehead atoms. The topological polar surface area (TPSA) is 47.4 Å². The minimum atomic E-state index is 0.00819. The molecule has 0 saturated carbocycles. The number of rotatable bonds is 6. The van der Waals surface area contributed by atoms with Gasteiger partial charge in [0.15, 0.2) is 0 Å². The van der Waals surface area contributed by atoms with Crippen molar-refractivity contribution in [2.45, 2.75) is 27.0 Å². The van der Waals surface area contributed by atoms with E-state index in [-0.39, 0.29) is 5.91 Å². The van der Waals surface area contributed by atoms with E-state index in [1.165, 1.54) is 22.5 Å². The van der Waals surface area contributed by atoms with Crippen LogP contribution in [0.15, 0.2) is 41.9 Å². The van der Waals surface area contributed by atoms with Crippen molar-refractivity contribution in [3.8, 4) is 5.75 Å². The molecular formula is C20H23N3O2S. The van der Waals surface area contributed by atoms with Gasteiger partial charge in [-0.25, -0.2) is 0 Å². The molecule has 0 fully saturated rings. The summed E-state index contributed by atoms with van der Waals surface area (Å²) in [6.07, 6.45) is 1.74. The van der Waals surface area contributed by atoms with Crippen molar-refractivity contribution in [3.05, 3.63) is 69.2 Å². The number of amides is 1. The van der Waals surface area contributed by atoms with Crippen LogP contribution in [-0.4, -0.2) is 27.6 Å². The lowest BCUT2D eigenvalue weighted by Crippen LogP contribution is -2.26. The van der Waals surface area contributed by atoms with Crippen molar-refractivity contribution in [2.75, 3.05) is 7.05 Å². The minimum absolute atomic E-state index is 0.00819. The number of aromatic nitrogens is 2. The van der Waals surface area contributed by atoms with Crippen LogP contribution in [0.2, 0.25) is 0 Å². The monoisotopic (exact) mass is 369 g/mol. The molecule has 26 heavy (non-hydrogen) atoms. The highest BCUT2D eigenvalue weighted by molar-refractivity contribution is 7.12. The number of benzene rings is 1. The number of aryl methyl sites for hydroxylation is 3. The number of thiophene rings is 1. The van der Waals surface area contributed by atoms with Crippen molar-refractivity contribution in [1.29, 1.82) is 0 Å². The molecule has 1 amide bonds. The summed E-state index contributed by atoms with van der Waals surface area (Å²) in [7, 11) is 3.68. The number of hydrogen-bond donors (Lipinski definition) is 0. The third kappa shape index (κ3) is 4.32. The second-order valence-electron chi connectivity index (χ2n) is 6.54. The molecule has 2 aromatic heterocycles. The van der Waals surface area contributed by atoms with Gasteiger partial charge in [0.1, 0.15) is 12.4 Å². The van der Waals surface area contributed by atoms with E-state index in [0.29, 0.717) is 18.0 Å². The predicted molar refractivity (Wildman–Crippen MR) is 104 cm³/mol. The van der Waals surface area contributed by atoms with Gasteiger partial charge in [-0.3, -0.25) is 9.48 Å². The molecule has 3 aromatic rings. The molecule has 3 rings (SSSR count). The Morgan fingerprint density at radius 2 is 1.96 bits per heavy atom. The van der Waals surface area contributed by atoms with Gasteiger partial charge in [-0.05, 0) is 54.6 Å². The van der Waals surface area contributed by atoms with E-state index in [1.807, 2.05) is 36.7 Å². The highest BCUT2D eigenvalue weighted by Gasteiger charge is 2.16. The minimum Gasteiger partial charge on any atom is -0.489 e. The first-order valence-corrected chi connectivity index (χ1v) is 9.31. The fourth-order valence-electron chi connectivity index (χ4n) is 2.81. The summed E-state index contributed by atoms with van der Waals surface area (Å²) in [5.41, 5.74) is 4.36. The molecule has 0 N–H and O–H groups in total. The van der Waals surface area contributed by atoms with E-state index >= 15 is 0 Å². The fraction of sp³-hybridized carbons (Fsp3) is 0.300. The molecule has 5 nitrogen and oxygen atoms in total. The standard InChI is InChI=1S/C20H23N3O2S/c1-14-7-15(2)9-18(8-14)25-12-16-10-19(26-13-16)20(24)22(3)11-17-5-6-21-23(17)4/h5-10,13H,11-12H2,1-4H3. The Bertz CT molecular complexity index is 893. The SMILES string of the molecule is Cc1cc(C)cc(OCc2csc(C(=O)N(C)Cc3ccnn3C)c2)c1. The lowest BCUT2D eigenvalue weighted by Gasteiger charge is -2.16. The van der Waals surface area contributed by atoms with Crippen LogP contribution in [-0.2, 0) is 20.2 Å². The number of nitrogens with zero attached hydrogens (tertiary/aromatic N) is 3. The van der Waals surface area contributed by atoms with Crippen LogP contribution in [0, 0.1) is 13.8 Å². The first-order valence-electron chi connectivity index (χ1n) is 8.43. The lowest BCUT2D eigenvalue weighted by molar-refractivity contribution is 0.0786. The molecule has 0 unspecified atom stereocenters. The van der Waals surface area contributed by atoms with Gasteiger partial charge >= 0.3 is 0 Å². The maximum Gasteiger partial charge on any atom is 0.264 e. The normalized spacial score (nSPS) is 10.8. The molecule has 0 saturated heterocycles. The largest absolute Gasteiger partial charge is 0.489 e. The molecule has 2 heterocycles. The van der Waals surface area contributed by atoms with E-state index in [1.54, 1.807) is 22.8 Å². The number of carbonyl (C=O) groups excluding carboxylic acids is 1. The van der Waals surface area contributed by atoms with Gasteiger partial charge in [-0.2, -0.15) is 5.10 Å². The first-order chi connectivity index (χ1) is 12.4. The van der Waals surface area contributed by atoms with Gasteiger partial charge in [0.2, 0.25) is 0 Å². The van der Waals surface area contributed by atoms with Crippen LogP contribution in [0.25, 0.3) is 0 Å². The molecule has 6 heteroatoms. The molecular weight excluding hydrogens is 346 g/mol. The molecule has 0 aliphatic carbocycles. The average Bonchev–Trinajstić information content (AvgIpc) is 3.21. The van der Waals surface area contributed by atoms with Gasteiger partial charge in [0, 0.05) is 25.9 Å². The molecule has 1 aromatic carbocycles. The molecule has 0 aliphatic heterocycles. The van der Waals surface area contributed by atoms with Gasteiger partial charge in [-0.15, -0.1) is 11.3 Å². The highest BCUT2D eigenvalue weighted by atomic mass is 32.1. The Balaban J connectivity index is 1.61. The van der Waals surface area contributed by atoms with E-state index in [0.717, 1.165) is 17.0 Å². The molecule has 0 aliphatic rings. The van der Waals surface area contributed by atoms with Crippen LogP contribution in [0.3, 0.4) is 0 Å².